The van der Waals surface area contributed by atoms with Gasteiger partial charge in [0, 0.05) is 0 Å². The minimum Gasteiger partial charge on any atom is -0.353 e. The first kappa shape index (κ1) is 28.1. The number of rotatable bonds is 14. The Kier molecular flexibility index (Phi) is 12.8. The Morgan fingerprint density at radius 2 is 1.55 bits per heavy atom. The van der Waals surface area contributed by atoms with Crippen LogP contribution in [0.2, 0.25) is 18.1 Å². The maximum atomic E-state index is 5.64. The molecule has 3 heteroatoms. The third-order valence-corrected chi connectivity index (χ3v) is 13.2. The Hall–Kier alpha value is -1.12. The maximum Gasteiger partial charge on any atom is 0.157 e. The molecule has 1 aliphatic heterocycles. The second-order valence-electron chi connectivity index (χ2n) is 11.3. The molecule has 0 aliphatic carbocycles. The highest BCUT2D eigenvalue weighted by atomic mass is 28.3. The average molecular weight is 471 g/mol. The van der Waals surface area contributed by atoms with Crippen molar-refractivity contribution in [2.45, 2.75) is 122 Å². The van der Waals surface area contributed by atoms with Crippen molar-refractivity contribution in [2.75, 3.05) is 13.2 Å². The molecule has 0 N–H and O–H groups in total. The van der Waals surface area contributed by atoms with Crippen molar-refractivity contribution in [2.24, 2.45) is 0 Å². The van der Waals surface area contributed by atoms with Crippen LogP contribution in [0, 0.1) is 0 Å². The van der Waals surface area contributed by atoms with E-state index in [9.17, 15) is 0 Å². The van der Waals surface area contributed by atoms with E-state index in [-0.39, 0.29) is 6.29 Å². The average Bonchev–Trinajstić information content (AvgIpc) is 2.79. The molecule has 0 spiro atoms. The van der Waals surface area contributed by atoms with Gasteiger partial charge in [0.25, 0.3) is 0 Å². The zero-order chi connectivity index (χ0) is 24.0. The molecule has 1 fully saturated rings. The monoisotopic (exact) mass is 470 g/mol. The smallest absolute Gasteiger partial charge is 0.157 e. The molecule has 2 nitrogen and oxygen atoms in total. The first-order chi connectivity index (χ1) is 15.8. The van der Waals surface area contributed by atoms with Crippen molar-refractivity contribution >= 4 is 8.07 Å². The zero-order valence-corrected chi connectivity index (χ0v) is 23.3. The summed E-state index contributed by atoms with van der Waals surface area (Å²) in [6.45, 7) is 14.1. The Bertz CT molecular complexity index is 705. The molecular formula is C30H50O2Si. The molecule has 1 saturated heterocycles. The van der Waals surface area contributed by atoms with Crippen LogP contribution in [0.1, 0.15) is 97.0 Å². The van der Waals surface area contributed by atoms with E-state index in [0.29, 0.717) is 5.04 Å². The molecule has 1 aromatic rings. The fraction of sp³-hybridized carbons (Fsp3) is 0.700. The molecule has 0 saturated carbocycles. The van der Waals surface area contributed by atoms with Gasteiger partial charge in [-0.3, -0.25) is 0 Å². The topological polar surface area (TPSA) is 18.5 Å². The number of hydrogen-bond donors (Lipinski definition) is 0. The third-order valence-electron chi connectivity index (χ3n) is 7.59. The van der Waals surface area contributed by atoms with Crippen LogP contribution < -0.4 is 0 Å². The number of hydrogen-bond acceptors (Lipinski definition) is 2. The predicted octanol–water partition coefficient (Wildman–Crippen LogP) is 9.02. The van der Waals surface area contributed by atoms with Crippen LogP contribution in [-0.4, -0.2) is 27.6 Å². The van der Waals surface area contributed by atoms with E-state index in [4.69, 9.17) is 9.47 Å². The van der Waals surface area contributed by atoms with Gasteiger partial charge in [-0.25, -0.2) is 0 Å². The molecule has 1 aromatic carbocycles. The molecule has 0 aromatic heterocycles. The van der Waals surface area contributed by atoms with Gasteiger partial charge in [0.05, 0.1) is 21.3 Å². The lowest BCUT2D eigenvalue weighted by atomic mass is 10.1. The van der Waals surface area contributed by atoms with Gasteiger partial charge >= 0.3 is 0 Å². The normalized spacial score (nSPS) is 15.3. The lowest BCUT2D eigenvalue weighted by Gasteiger charge is -2.38. The summed E-state index contributed by atoms with van der Waals surface area (Å²) >= 11 is 0. The van der Waals surface area contributed by atoms with Crippen molar-refractivity contribution in [3.63, 3.8) is 0 Å². The molecule has 33 heavy (non-hydrogen) atoms. The maximum absolute atomic E-state index is 5.64. The van der Waals surface area contributed by atoms with Crippen LogP contribution in [0.25, 0.3) is 0 Å². The first-order valence-corrected chi connectivity index (χ1v) is 16.5. The van der Waals surface area contributed by atoms with Crippen LogP contribution in [0.15, 0.2) is 47.3 Å². The summed E-state index contributed by atoms with van der Waals surface area (Å²) in [5.41, 5.74) is 5.24. The van der Waals surface area contributed by atoms with Crippen molar-refractivity contribution in [1.82, 2.24) is 0 Å². The summed E-state index contributed by atoms with van der Waals surface area (Å²) in [5, 5.41) is 2.00. The Labute approximate surface area is 205 Å². The van der Waals surface area contributed by atoms with E-state index in [1.165, 1.54) is 56.9 Å². The number of ether oxygens (including phenoxy) is 2. The zero-order valence-electron chi connectivity index (χ0n) is 22.3. The minimum absolute atomic E-state index is 0.0695. The lowest BCUT2D eigenvalue weighted by Crippen LogP contribution is -2.39. The van der Waals surface area contributed by atoms with Crippen molar-refractivity contribution in [3.8, 4) is 0 Å². The fourth-order valence-corrected chi connectivity index (χ4v) is 6.47. The quantitative estimate of drug-likeness (QED) is 0.153. The highest BCUT2D eigenvalue weighted by molar-refractivity contribution is 6.86. The molecule has 0 radical (unpaired) electrons. The Balaban J connectivity index is 1.70. The molecular weight excluding hydrogens is 420 g/mol. The van der Waals surface area contributed by atoms with E-state index in [1.807, 2.05) is 0 Å². The lowest BCUT2D eigenvalue weighted by molar-refractivity contribution is -0.181. The van der Waals surface area contributed by atoms with Gasteiger partial charge in [-0.15, -0.1) is 5.73 Å². The van der Waals surface area contributed by atoms with E-state index < -0.39 is 8.07 Å². The summed E-state index contributed by atoms with van der Waals surface area (Å²) in [6, 6.07) is 10.8. The summed E-state index contributed by atoms with van der Waals surface area (Å²) in [5.74, 6) is 0. The Morgan fingerprint density at radius 1 is 0.939 bits per heavy atom. The predicted molar refractivity (Wildman–Crippen MR) is 145 cm³/mol. The third kappa shape index (κ3) is 10.8. The summed E-state index contributed by atoms with van der Waals surface area (Å²) < 4.78 is 11.3. The number of benzene rings is 1. The molecule has 2 rings (SSSR count). The van der Waals surface area contributed by atoms with E-state index >= 15 is 0 Å². The van der Waals surface area contributed by atoms with Crippen molar-refractivity contribution < 1.29 is 9.47 Å². The van der Waals surface area contributed by atoms with Gasteiger partial charge in [-0.2, -0.15) is 0 Å². The van der Waals surface area contributed by atoms with Gasteiger partial charge in [-0.05, 0) is 66.8 Å². The van der Waals surface area contributed by atoms with Gasteiger partial charge in [0.1, 0.15) is 0 Å². The van der Waals surface area contributed by atoms with Crippen molar-refractivity contribution in [3.05, 3.63) is 52.9 Å². The van der Waals surface area contributed by atoms with Gasteiger partial charge in [0.2, 0.25) is 0 Å². The summed E-state index contributed by atoms with van der Waals surface area (Å²) in [6.07, 6.45) is 17.2. The van der Waals surface area contributed by atoms with Crippen LogP contribution in [0.3, 0.4) is 0 Å². The number of aryl methyl sites for hydroxylation is 1. The fourth-order valence-electron chi connectivity index (χ4n) is 4.30. The van der Waals surface area contributed by atoms with E-state index in [0.717, 1.165) is 38.9 Å². The van der Waals surface area contributed by atoms with Crippen LogP contribution in [0.5, 0.6) is 0 Å². The van der Waals surface area contributed by atoms with E-state index in [2.05, 4.69) is 76.0 Å². The van der Waals surface area contributed by atoms with Crippen LogP contribution >= 0.6 is 0 Å². The van der Waals surface area contributed by atoms with Crippen LogP contribution in [0.4, 0.5) is 0 Å². The number of allylic oxidation sites excluding steroid dienone is 1. The standard InChI is InChI=1S/C30H50O2Si/c1-30(2,3)33(4,5)28(23-17-16-21-27-19-12-11-13-20-27)22-14-9-7-6-8-10-15-24-29-31-25-18-26-32-29/h11-13,17,19-20,29H,6-10,14-16,18,21-22,24-26H2,1-5H3. The van der Waals surface area contributed by atoms with Crippen molar-refractivity contribution in [1.29, 1.82) is 0 Å². The molecule has 0 bridgehead atoms. The van der Waals surface area contributed by atoms with Gasteiger partial charge < -0.3 is 9.47 Å². The highest BCUT2D eigenvalue weighted by Crippen LogP contribution is 2.41. The summed E-state index contributed by atoms with van der Waals surface area (Å²) in [4.78, 5) is 0. The summed E-state index contributed by atoms with van der Waals surface area (Å²) in [7, 11) is -1.52. The largest absolute Gasteiger partial charge is 0.353 e. The van der Waals surface area contributed by atoms with Crippen LogP contribution in [-0.2, 0) is 15.9 Å². The van der Waals surface area contributed by atoms with Gasteiger partial charge in [-0.1, -0.05) is 96.3 Å². The van der Waals surface area contributed by atoms with Gasteiger partial charge in [0.15, 0.2) is 6.29 Å². The molecule has 1 aliphatic rings. The first-order valence-electron chi connectivity index (χ1n) is 13.5. The molecule has 1 heterocycles. The highest BCUT2D eigenvalue weighted by Gasteiger charge is 2.38. The molecule has 0 atom stereocenters. The molecule has 0 unspecified atom stereocenters. The molecule has 0 amide bonds. The molecule has 186 valence electrons. The number of unbranched alkanes of at least 4 members (excludes halogenated alkanes) is 6. The second kappa shape index (κ2) is 15.0. The Morgan fingerprint density at radius 3 is 2.18 bits per heavy atom. The SMILES string of the molecule is CC(C)(C)[Si](C)(C)C(=C=CCCc1ccccc1)CCCCCCCCCC1OCCCO1. The van der Waals surface area contributed by atoms with E-state index in [1.54, 1.807) is 5.20 Å². The second-order valence-corrected chi connectivity index (χ2v) is 16.6. The minimum atomic E-state index is -1.52.